The van der Waals surface area contributed by atoms with E-state index in [-0.39, 0.29) is 5.82 Å². The van der Waals surface area contributed by atoms with Gasteiger partial charge in [0.25, 0.3) is 0 Å². The molecule has 5 nitrogen and oxygen atoms in total. The SMILES string of the molecule is CCCNC(=NC)NCc1ccc(Oc2ccc(F)cc2)nc1. The van der Waals surface area contributed by atoms with Crippen molar-refractivity contribution in [1.29, 1.82) is 0 Å². The van der Waals surface area contributed by atoms with Crippen LogP contribution in [0.3, 0.4) is 0 Å². The minimum Gasteiger partial charge on any atom is -0.439 e. The Hall–Kier alpha value is -2.63. The Labute approximate surface area is 135 Å². The zero-order chi connectivity index (χ0) is 16.5. The van der Waals surface area contributed by atoms with E-state index in [0.29, 0.717) is 18.2 Å². The number of halogens is 1. The predicted octanol–water partition coefficient (Wildman–Crippen LogP) is 3.09. The fraction of sp³-hybridized carbons (Fsp3) is 0.294. The van der Waals surface area contributed by atoms with Crippen molar-refractivity contribution in [3.8, 4) is 11.6 Å². The maximum Gasteiger partial charge on any atom is 0.219 e. The summed E-state index contributed by atoms with van der Waals surface area (Å²) in [5.74, 6) is 1.48. The molecule has 2 rings (SSSR count). The maximum absolute atomic E-state index is 12.8. The van der Waals surface area contributed by atoms with Gasteiger partial charge in [0.2, 0.25) is 5.88 Å². The molecule has 1 heterocycles. The lowest BCUT2D eigenvalue weighted by molar-refractivity contribution is 0.461. The zero-order valence-corrected chi connectivity index (χ0v) is 13.3. The van der Waals surface area contributed by atoms with Crippen LogP contribution in [0.2, 0.25) is 0 Å². The molecule has 0 fully saturated rings. The van der Waals surface area contributed by atoms with Gasteiger partial charge in [-0.2, -0.15) is 0 Å². The van der Waals surface area contributed by atoms with Crippen molar-refractivity contribution in [1.82, 2.24) is 15.6 Å². The summed E-state index contributed by atoms with van der Waals surface area (Å²) < 4.78 is 18.4. The van der Waals surface area contributed by atoms with Gasteiger partial charge in [-0.1, -0.05) is 13.0 Å². The quantitative estimate of drug-likeness (QED) is 0.635. The number of pyridine rings is 1. The number of benzene rings is 1. The third-order valence-corrected chi connectivity index (χ3v) is 3.06. The van der Waals surface area contributed by atoms with Gasteiger partial charge in [-0.25, -0.2) is 9.37 Å². The third-order valence-electron chi connectivity index (χ3n) is 3.06. The Bertz CT molecular complexity index is 626. The number of guanidine groups is 1. The molecule has 2 aromatic rings. The van der Waals surface area contributed by atoms with Crippen LogP contribution in [0.1, 0.15) is 18.9 Å². The number of ether oxygens (including phenoxy) is 1. The average molecular weight is 316 g/mol. The van der Waals surface area contributed by atoms with Gasteiger partial charge in [0.05, 0.1) is 0 Å². The second-order valence-electron chi connectivity index (χ2n) is 4.91. The molecule has 0 aliphatic rings. The van der Waals surface area contributed by atoms with Gasteiger partial charge in [0.15, 0.2) is 5.96 Å². The lowest BCUT2D eigenvalue weighted by atomic mass is 10.3. The first kappa shape index (κ1) is 16.7. The van der Waals surface area contributed by atoms with Crippen LogP contribution >= 0.6 is 0 Å². The largest absolute Gasteiger partial charge is 0.439 e. The molecule has 0 amide bonds. The van der Waals surface area contributed by atoms with E-state index in [1.807, 2.05) is 6.07 Å². The Balaban J connectivity index is 1.87. The second kappa shape index (κ2) is 8.73. The molecule has 0 unspecified atom stereocenters. The molecule has 6 heteroatoms. The van der Waals surface area contributed by atoms with E-state index in [0.717, 1.165) is 24.5 Å². The highest BCUT2D eigenvalue weighted by atomic mass is 19.1. The number of hydrogen-bond acceptors (Lipinski definition) is 3. The molecule has 0 aliphatic heterocycles. The van der Waals surface area contributed by atoms with E-state index in [9.17, 15) is 4.39 Å². The molecule has 2 N–H and O–H groups in total. The van der Waals surface area contributed by atoms with E-state index in [1.165, 1.54) is 12.1 Å². The topological polar surface area (TPSA) is 58.5 Å². The van der Waals surface area contributed by atoms with Gasteiger partial charge >= 0.3 is 0 Å². The van der Waals surface area contributed by atoms with Crippen molar-refractivity contribution in [2.75, 3.05) is 13.6 Å². The number of nitrogens with zero attached hydrogens (tertiary/aromatic N) is 2. The van der Waals surface area contributed by atoms with E-state index < -0.39 is 0 Å². The van der Waals surface area contributed by atoms with Gasteiger partial charge in [0, 0.05) is 32.4 Å². The van der Waals surface area contributed by atoms with Gasteiger partial charge in [-0.3, -0.25) is 4.99 Å². The van der Waals surface area contributed by atoms with Crippen LogP contribution in [0.25, 0.3) is 0 Å². The van der Waals surface area contributed by atoms with E-state index in [1.54, 1.807) is 31.4 Å². The summed E-state index contributed by atoms with van der Waals surface area (Å²) in [6, 6.07) is 9.53. The molecule has 0 saturated heterocycles. The average Bonchev–Trinajstić information content (AvgIpc) is 2.58. The summed E-state index contributed by atoms with van der Waals surface area (Å²) in [6.07, 6.45) is 2.77. The summed E-state index contributed by atoms with van der Waals surface area (Å²) >= 11 is 0. The van der Waals surface area contributed by atoms with Crippen LogP contribution in [-0.2, 0) is 6.54 Å². The lowest BCUT2D eigenvalue weighted by Gasteiger charge is -2.11. The fourth-order valence-electron chi connectivity index (χ4n) is 1.85. The van der Waals surface area contributed by atoms with Gasteiger partial charge in [0.1, 0.15) is 11.6 Å². The molecule has 1 aromatic carbocycles. The van der Waals surface area contributed by atoms with Crippen LogP contribution in [0.5, 0.6) is 11.6 Å². The van der Waals surface area contributed by atoms with Crippen LogP contribution < -0.4 is 15.4 Å². The highest BCUT2D eigenvalue weighted by molar-refractivity contribution is 5.79. The molecule has 0 saturated carbocycles. The Kier molecular flexibility index (Phi) is 6.35. The first-order valence-corrected chi connectivity index (χ1v) is 7.54. The van der Waals surface area contributed by atoms with Crippen LogP contribution in [0.15, 0.2) is 47.6 Å². The van der Waals surface area contributed by atoms with Crippen molar-refractivity contribution < 1.29 is 9.13 Å². The standard InChI is InChI=1S/C17H21FN4O/c1-3-10-20-17(19-2)22-12-13-4-9-16(21-11-13)23-15-7-5-14(18)6-8-15/h4-9,11H,3,10,12H2,1-2H3,(H2,19,20,22). The molecule has 0 spiro atoms. The van der Waals surface area contributed by atoms with Crippen molar-refractivity contribution in [3.05, 3.63) is 54.0 Å². The fourth-order valence-corrected chi connectivity index (χ4v) is 1.85. The van der Waals surface area contributed by atoms with E-state index >= 15 is 0 Å². The summed E-state index contributed by atoms with van der Waals surface area (Å²) in [5.41, 5.74) is 1.01. The molecule has 0 atom stereocenters. The minimum atomic E-state index is -0.295. The molecular weight excluding hydrogens is 295 g/mol. The first-order valence-electron chi connectivity index (χ1n) is 7.54. The number of aliphatic imine (C=N–C) groups is 1. The minimum absolute atomic E-state index is 0.295. The summed E-state index contributed by atoms with van der Waals surface area (Å²) in [5, 5.41) is 6.41. The maximum atomic E-state index is 12.8. The zero-order valence-electron chi connectivity index (χ0n) is 13.3. The van der Waals surface area contributed by atoms with E-state index in [4.69, 9.17) is 4.74 Å². The first-order chi connectivity index (χ1) is 11.2. The summed E-state index contributed by atoms with van der Waals surface area (Å²) in [7, 11) is 1.74. The summed E-state index contributed by atoms with van der Waals surface area (Å²) in [6.45, 7) is 3.60. The Morgan fingerprint density at radius 2 is 1.96 bits per heavy atom. The van der Waals surface area contributed by atoms with Gasteiger partial charge in [-0.05, 0) is 36.2 Å². The molecular formula is C17H21FN4O. The Morgan fingerprint density at radius 1 is 1.17 bits per heavy atom. The molecule has 0 radical (unpaired) electrons. The molecule has 0 aliphatic carbocycles. The van der Waals surface area contributed by atoms with Crippen molar-refractivity contribution in [2.45, 2.75) is 19.9 Å². The van der Waals surface area contributed by atoms with Crippen molar-refractivity contribution >= 4 is 5.96 Å². The monoisotopic (exact) mass is 316 g/mol. The molecule has 23 heavy (non-hydrogen) atoms. The summed E-state index contributed by atoms with van der Waals surface area (Å²) in [4.78, 5) is 8.39. The normalized spacial score (nSPS) is 11.2. The number of hydrogen-bond donors (Lipinski definition) is 2. The van der Waals surface area contributed by atoms with Crippen molar-refractivity contribution in [3.63, 3.8) is 0 Å². The number of nitrogens with one attached hydrogen (secondary N) is 2. The smallest absolute Gasteiger partial charge is 0.219 e. The predicted molar refractivity (Wildman–Crippen MR) is 89.2 cm³/mol. The molecule has 0 bridgehead atoms. The lowest BCUT2D eigenvalue weighted by Crippen LogP contribution is -2.37. The molecule has 122 valence electrons. The highest BCUT2D eigenvalue weighted by Gasteiger charge is 2.01. The second-order valence-corrected chi connectivity index (χ2v) is 4.91. The number of aromatic nitrogens is 1. The highest BCUT2D eigenvalue weighted by Crippen LogP contribution is 2.19. The Morgan fingerprint density at radius 3 is 2.57 bits per heavy atom. The number of rotatable bonds is 6. The van der Waals surface area contributed by atoms with Crippen LogP contribution in [-0.4, -0.2) is 24.5 Å². The van der Waals surface area contributed by atoms with Crippen LogP contribution in [0, 0.1) is 5.82 Å². The van der Waals surface area contributed by atoms with Gasteiger partial charge in [-0.15, -0.1) is 0 Å². The van der Waals surface area contributed by atoms with Crippen molar-refractivity contribution in [2.24, 2.45) is 4.99 Å². The van der Waals surface area contributed by atoms with Gasteiger partial charge < -0.3 is 15.4 Å². The van der Waals surface area contributed by atoms with Crippen LogP contribution in [0.4, 0.5) is 4.39 Å². The van der Waals surface area contributed by atoms with E-state index in [2.05, 4.69) is 27.5 Å². The molecule has 1 aromatic heterocycles. The third kappa shape index (κ3) is 5.58.